The van der Waals surface area contributed by atoms with Crippen molar-refractivity contribution < 1.29 is 9.53 Å². The third-order valence-corrected chi connectivity index (χ3v) is 3.67. The molecule has 0 spiro atoms. The average molecular weight is 313 g/mol. The minimum atomic E-state index is 0.0193. The lowest BCUT2D eigenvalue weighted by Crippen LogP contribution is -2.42. The van der Waals surface area contributed by atoms with Crippen molar-refractivity contribution in [1.82, 2.24) is 4.90 Å². The van der Waals surface area contributed by atoms with Gasteiger partial charge in [0.1, 0.15) is 5.75 Å². The Labute approximate surface area is 115 Å². The third-order valence-electron chi connectivity index (χ3n) is 3.15. The van der Waals surface area contributed by atoms with Gasteiger partial charge in [-0.2, -0.15) is 0 Å². The van der Waals surface area contributed by atoms with Gasteiger partial charge in [-0.1, -0.05) is 15.9 Å². The van der Waals surface area contributed by atoms with Gasteiger partial charge < -0.3 is 15.4 Å². The van der Waals surface area contributed by atoms with Crippen LogP contribution in [0.25, 0.3) is 0 Å². The fourth-order valence-corrected chi connectivity index (χ4v) is 2.43. The number of nitrogens with two attached hydrogens (primary N) is 1. The molecule has 18 heavy (non-hydrogen) atoms. The van der Waals surface area contributed by atoms with E-state index in [1.807, 2.05) is 29.2 Å². The van der Waals surface area contributed by atoms with Crippen LogP contribution in [0.15, 0.2) is 28.7 Å². The van der Waals surface area contributed by atoms with Gasteiger partial charge in [0.25, 0.3) is 5.91 Å². The summed E-state index contributed by atoms with van der Waals surface area (Å²) in [5.41, 5.74) is 5.65. The zero-order valence-electron chi connectivity index (χ0n) is 10.1. The highest BCUT2D eigenvalue weighted by atomic mass is 79.9. The van der Waals surface area contributed by atoms with Crippen LogP contribution in [0.2, 0.25) is 0 Å². The summed E-state index contributed by atoms with van der Waals surface area (Å²) in [6.07, 6.45) is 2.03. The monoisotopic (exact) mass is 312 g/mol. The van der Waals surface area contributed by atoms with E-state index in [9.17, 15) is 4.79 Å². The normalized spacial score (nSPS) is 19.0. The number of ether oxygens (including phenoxy) is 1. The Morgan fingerprint density at radius 3 is 2.83 bits per heavy atom. The molecule has 2 N–H and O–H groups in total. The van der Waals surface area contributed by atoms with E-state index in [1.165, 1.54) is 0 Å². The molecule has 1 atom stereocenters. The van der Waals surface area contributed by atoms with Crippen molar-refractivity contribution >= 4 is 21.8 Å². The van der Waals surface area contributed by atoms with Crippen molar-refractivity contribution in [1.29, 1.82) is 0 Å². The Bertz CT molecular complexity index is 408. The molecule has 4 nitrogen and oxygen atoms in total. The summed E-state index contributed by atoms with van der Waals surface area (Å²) in [5, 5.41) is 0. The SMILES string of the molecule is NCC1CCCN1C(=O)COc1ccc(Br)cc1. The van der Waals surface area contributed by atoms with E-state index in [1.54, 1.807) is 0 Å². The zero-order valence-corrected chi connectivity index (χ0v) is 11.7. The Morgan fingerprint density at radius 1 is 1.44 bits per heavy atom. The molecule has 1 aliphatic rings. The zero-order chi connectivity index (χ0) is 13.0. The van der Waals surface area contributed by atoms with Crippen molar-refractivity contribution in [2.45, 2.75) is 18.9 Å². The highest BCUT2D eigenvalue weighted by molar-refractivity contribution is 9.10. The van der Waals surface area contributed by atoms with Crippen molar-refractivity contribution in [3.05, 3.63) is 28.7 Å². The van der Waals surface area contributed by atoms with Gasteiger partial charge in [0.15, 0.2) is 6.61 Å². The van der Waals surface area contributed by atoms with E-state index < -0.39 is 0 Å². The lowest BCUT2D eigenvalue weighted by atomic mass is 10.2. The van der Waals surface area contributed by atoms with Crippen LogP contribution in [0, 0.1) is 0 Å². The first-order valence-corrected chi connectivity index (χ1v) is 6.88. The summed E-state index contributed by atoms with van der Waals surface area (Å²) in [6, 6.07) is 7.63. The van der Waals surface area contributed by atoms with Crippen LogP contribution < -0.4 is 10.5 Å². The van der Waals surface area contributed by atoms with E-state index in [2.05, 4.69) is 15.9 Å². The number of hydrogen-bond acceptors (Lipinski definition) is 3. The van der Waals surface area contributed by atoms with Crippen LogP contribution in [0.1, 0.15) is 12.8 Å². The predicted octanol–water partition coefficient (Wildman–Crippen LogP) is 1.78. The van der Waals surface area contributed by atoms with Gasteiger partial charge in [-0.3, -0.25) is 4.79 Å². The van der Waals surface area contributed by atoms with Crippen LogP contribution in [-0.2, 0) is 4.79 Å². The Kier molecular flexibility index (Phi) is 4.60. The molecule has 0 radical (unpaired) electrons. The Hall–Kier alpha value is -1.07. The molecule has 2 rings (SSSR count). The number of carbonyl (C=O) groups is 1. The van der Waals surface area contributed by atoms with Crippen LogP contribution in [0.4, 0.5) is 0 Å². The van der Waals surface area contributed by atoms with Gasteiger partial charge in [0, 0.05) is 23.6 Å². The largest absolute Gasteiger partial charge is 0.484 e. The van der Waals surface area contributed by atoms with Crippen molar-refractivity contribution in [2.24, 2.45) is 5.73 Å². The second-order valence-corrected chi connectivity index (χ2v) is 5.28. The Balaban J connectivity index is 1.86. The first-order chi connectivity index (χ1) is 8.70. The number of carbonyl (C=O) groups excluding carboxylic acids is 1. The summed E-state index contributed by atoms with van der Waals surface area (Å²) in [7, 11) is 0. The third kappa shape index (κ3) is 3.23. The highest BCUT2D eigenvalue weighted by Crippen LogP contribution is 2.18. The van der Waals surface area contributed by atoms with Crippen LogP contribution in [-0.4, -0.2) is 36.5 Å². The molecule has 1 amide bonds. The number of nitrogens with zero attached hydrogens (tertiary/aromatic N) is 1. The fraction of sp³-hybridized carbons (Fsp3) is 0.462. The number of halogens is 1. The quantitative estimate of drug-likeness (QED) is 0.922. The molecule has 0 aromatic heterocycles. The summed E-state index contributed by atoms with van der Waals surface area (Å²) in [5.74, 6) is 0.723. The first-order valence-electron chi connectivity index (χ1n) is 6.08. The molecule has 1 aromatic rings. The second-order valence-electron chi connectivity index (χ2n) is 4.36. The summed E-state index contributed by atoms with van der Waals surface area (Å²) in [6.45, 7) is 1.41. The van der Waals surface area contributed by atoms with Gasteiger partial charge >= 0.3 is 0 Å². The van der Waals surface area contributed by atoms with Crippen LogP contribution >= 0.6 is 15.9 Å². The molecule has 1 aromatic carbocycles. The number of hydrogen-bond donors (Lipinski definition) is 1. The first kappa shape index (κ1) is 13.4. The molecular formula is C13H17BrN2O2. The molecule has 0 aliphatic carbocycles. The minimum Gasteiger partial charge on any atom is -0.484 e. The van der Waals surface area contributed by atoms with Gasteiger partial charge in [-0.15, -0.1) is 0 Å². The average Bonchev–Trinajstić information content (AvgIpc) is 2.86. The molecule has 1 unspecified atom stereocenters. The predicted molar refractivity (Wildman–Crippen MR) is 73.4 cm³/mol. The molecule has 1 aliphatic heterocycles. The van der Waals surface area contributed by atoms with Crippen molar-refractivity contribution in [3.8, 4) is 5.75 Å². The minimum absolute atomic E-state index is 0.0193. The van der Waals surface area contributed by atoms with Crippen LogP contribution in [0.5, 0.6) is 5.75 Å². The summed E-state index contributed by atoms with van der Waals surface area (Å²) < 4.78 is 6.46. The van der Waals surface area contributed by atoms with Crippen LogP contribution in [0.3, 0.4) is 0 Å². The maximum absolute atomic E-state index is 12.0. The molecule has 1 saturated heterocycles. The fourth-order valence-electron chi connectivity index (χ4n) is 2.17. The summed E-state index contributed by atoms with van der Waals surface area (Å²) in [4.78, 5) is 13.8. The standard InChI is InChI=1S/C13H17BrN2O2/c14-10-3-5-12(6-4-10)18-9-13(17)16-7-1-2-11(16)8-15/h3-6,11H,1-2,7-9,15H2. The maximum atomic E-state index is 12.0. The molecular weight excluding hydrogens is 296 g/mol. The molecule has 0 bridgehead atoms. The topological polar surface area (TPSA) is 55.6 Å². The van der Waals surface area contributed by atoms with E-state index in [0.717, 1.165) is 23.9 Å². The molecule has 5 heteroatoms. The maximum Gasteiger partial charge on any atom is 0.260 e. The Morgan fingerprint density at radius 2 is 2.17 bits per heavy atom. The van der Waals surface area contributed by atoms with E-state index in [-0.39, 0.29) is 18.6 Å². The highest BCUT2D eigenvalue weighted by Gasteiger charge is 2.27. The molecule has 1 heterocycles. The molecule has 1 fully saturated rings. The van der Waals surface area contributed by atoms with Gasteiger partial charge in [0.05, 0.1) is 0 Å². The molecule has 0 saturated carbocycles. The van der Waals surface area contributed by atoms with Gasteiger partial charge in [-0.05, 0) is 37.1 Å². The lowest BCUT2D eigenvalue weighted by molar-refractivity contribution is -0.134. The van der Waals surface area contributed by atoms with Gasteiger partial charge in [0.2, 0.25) is 0 Å². The number of benzene rings is 1. The summed E-state index contributed by atoms with van der Waals surface area (Å²) >= 11 is 3.35. The van der Waals surface area contributed by atoms with E-state index in [0.29, 0.717) is 12.3 Å². The number of rotatable bonds is 4. The van der Waals surface area contributed by atoms with E-state index in [4.69, 9.17) is 10.5 Å². The van der Waals surface area contributed by atoms with Crippen molar-refractivity contribution in [2.75, 3.05) is 19.7 Å². The second kappa shape index (κ2) is 6.20. The smallest absolute Gasteiger partial charge is 0.260 e. The lowest BCUT2D eigenvalue weighted by Gasteiger charge is -2.23. The van der Waals surface area contributed by atoms with Gasteiger partial charge in [-0.25, -0.2) is 0 Å². The molecule has 98 valence electrons. The number of amides is 1. The number of likely N-dealkylation sites (tertiary alicyclic amines) is 1. The van der Waals surface area contributed by atoms with Crippen molar-refractivity contribution in [3.63, 3.8) is 0 Å². The van der Waals surface area contributed by atoms with E-state index >= 15 is 0 Å².